The van der Waals surface area contributed by atoms with Crippen molar-refractivity contribution in [3.8, 4) is 0 Å². The molecule has 1 aliphatic carbocycles. The van der Waals surface area contributed by atoms with Gasteiger partial charge < -0.3 is 4.74 Å². The summed E-state index contributed by atoms with van der Waals surface area (Å²) in [7, 11) is 0. The SMILES string of the molecule is O=C(CCc1ccccc1)OC(=O)CCC1CCCC1. The Morgan fingerprint density at radius 2 is 1.65 bits per heavy atom. The molecule has 20 heavy (non-hydrogen) atoms. The molecule has 0 aliphatic heterocycles. The summed E-state index contributed by atoms with van der Waals surface area (Å²) in [5.41, 5.74) is 1.09. The lowest BCUT2D eigenvalue weighted by Crippen LogP contribution is -2.13. The summed E-state index contributed by atoms with van der Waals surface area (Å²) < 4.78 is 4.85. The Hall–Kier alpha value is -1.64. The normalized spacial score (nSPS) is 15.2. The van der Waals surface area contributed by atoms with Crippen LogP contribution in [0.15, 0.2) is 30.3 Å². The summed E-state index contributed by atoms with van der Waals surface area (Å²) in [4.78, 5) is 23.2. The number of benzene rings is 1. The summed E-state index contributed by atoms with van der Waals surface area (Å²) in [6.07, 6.45) is 7.11. The molecule has 0 radical (unpaired) electrons. The van der Waals surface area contributed by atoms with Crippen LogP contribution in [0.3, 0.4) is 0 Å². The molecule has 1 fully saturated rings. The van der Waals surface area contributed by atoms with E-state index < -0.39 is 5.97 Å². The minimum absolute atomic E-state index is 0.263. The maximum absolute atomic E-state index is 11.6. The molecule has 3 nitrogen and oxygen atoms in total. The summed E-state index contributed by atoms with van der Waals surface area (Å²) in [6, 6.07) is 9.75. The number of carbonyl (C=O) groups excluding carboxylic acids is 2. The lowest BCUT2D eigenvalue weighted by atomic mass is 10.0. The van der Waals surface area contributed by atoms with Crippen molar-refractivity contribution in [3.63, 3.8) is 0 Å². The largest absolute Gasteiger partial charge is 0.393 e. The van der Waals surface area contributed by atoms with Crippen LogP contribution in [0.2, 0.25) is 0 Å². The molecule has 0 spiro atoms. The second-order valence-electron chi connectivity index (χ2n) is 5.52. The molecule has 2 rings (SSSR count). The fourth-order valence-electron chi connectivity index (χ4n) is 2.74. The number of esters is 2. The lowest BCUT2D eigenvalue weighted by Gasteiger charge is -2.07. The Balaban J connectivity index is 1.62. The Bertz CT molecular complexity index is 433. The van der Waals surface area contributed by atoms with Gasteiger partial charge in [-0.1, -0.05) is 56.0 Å². The molecule has 0 N–H and O–H groups in total. The molecule has 0 heterocycles. The zero-order valence-electron chi connectivity index (χ0n) is 11.8. The predicted octanol–water partition coefficient (Wildman–Crippen LogP) is 3.66. The van der Waals surface area contributed by atoms with Crippen LogP contribution in [0.25, 0.3) is 0 Å². The van der Waals surface area contributed by atoms with Gasteiger partial charge in [-0.3, -0.25) is 9.59 Å². The molecule has 0 bridgehead atoms. The van der Waals surface area contributed by atoms with E-state index >= 15 is 0 Å². The van der Waals surface area contributed by atoms with Crippen molar-refractivity contribution in [2.24, 2.45) is 5.92 Å². The fraction of sp³-hybridized carbons (Fsp3) is 0.529. The monoisotopic (exact) mass is 274 g/mol. The van der Waals surface area contributed by atoms with Gasteiger partial charge in [-0.15, -0.1) is 0 Å². The quantitative estimate of drug-likeness (QED) is 0.587. The van der Waals surface area contributed by atoms with Crippen LogP contribution in [0.4, 0.5) is 0 Å². The maximum Gasteiger partial charge on any atom is 0.313 e. The molecule has 1 aromatic carbocycles. The third-order valence-electron chi connectivity index (χ3n) is 3.92. The first-order valence-corrected chi connectivity index (χ1v) is 7.51. The molecule has 0 aromatic heterocycles. The standard InChI is InChI=1S/C17H22O3/c18-16(12-10-14-6-2-1-3-7-14)20-17(19)13-11-15-8-4-5-9-15/h1-3,6-7,15H,4-5,8-13H2. The number of hydrogen-bond donors (Lipinski definition) is 0. The van der Waals surface area contributed by atoms with Gasteiger partial charge in [0.05, 0.1) is 6.42 Å². The van der Waals surface area contributed by atoms with E-state index in [-0.39, 0.29) is 12.4 Å². The predicted molar refractivity (Wildman–Crippen MR) is 77.1 cm³/mol. The molecular weight excluding hydrogens is 252 g/mol. The minimum Gasteiger partial charge on any atom is -0.393 e. The lowest BCUT2D eigenvalue weighted by molar-refractivity contribution is -0.159. The van der Waals surface area contributed by atoms with Gasteiger partial charge in [0, 0.05) is 6.42 Å². The van der Waals surface area contributed by atoms with Gasteiger partial charge in [-0.05, 0) is 24.3 Å². The van der Waals surface area contributed by atoms with Crippen molar-refractivity contribution in [1.29, 1.82) is 0 Å². The molecule has 1 aromatic rings. The molecule has 0 unspecified atom stereocenters. The second-order valence-corrected chi connectivity index (χ2v) is 5.52. The molecule has 0 atom stereocenters. The van der Waals surface area contributed by atoms with E-state index in [2.05, 4.69) is 0 Å². The number of aryl methyl sites for hydroxylation is 1. The van der Waals surface area contributed by atoms with Gasteiger partial charge in [0.2, 0.25) is 0 Å². The van der Waals surface area contributed by atoms with Crippen LogP contribution in [0, 0.1) is 5.92 Å². The first-order valence-electron chi connectivity index (χ1n) is 7.51. The summed E-state index contributed by atoms with van der Waals surface area (Å²) in [5, 5.41) is 0. The molecule has 1 aliphatic rings. The molecule has 3 heteroatoms. The molecular formula is C17H22O3. The van der Waals surface area contributed by atoms with Gasteiger partial charge in [0.15, 0.2) is 0 Å². The maximum atomic E-state index is 11.6. The average molecular weight is 274 g/mol. The Kier molecular flexibility index (Phi) is 5.78. The highest BCUT2D eigenvalue weighted by Gasteiger charge is 2.17. The van der Waals surface area contributed by atoms with Gasteiger partial charge in [0.1, 0.15) is 0 Å². The van der Waals surface area contributed by atoms with Gasteiger partial charge >= 0.3 is 11.9 Å². The zero-order valence-corrected chi connectivity index (χ0v) is 11.8. The van der Waals surface area contributed by atoms with Crippen LogP contribution < -0.4 is 0 Å². The van der Waals surface area contributed by atoms with E-state index in [1.807, 2.05) is 30.3 Å². The molecule has 0 amide bonds. The fourth-order valence-corrected chi connectivity index (χ4v) is 2.74. The highest BCUT2D eigenvalue weighted by atomic mass is 16.6. The van der Waals surface area contributed by atoms with Crippen LogP contribution in [0.1, 0.15) is 50.5 Å². The molecule has 0 saturated heterocycles. The Labute approximate surface area is 120 Å². The van der Waals surface area contributed by atoms with Crippen molar-refractivity contribution in [2.75, 3.05) is 0 Å². The van der Waals surface area contributed by atoms with Crippen LogP contribution in [-0.2, 0) is 20.7 Å². The van der Waals surface area contributed by atoms with E-state index in [4.69, 9.17) is 4.74 Å². The van der Waals surface area contributed by atoms with Crippen LogP contribution in [0.5, 0.6) is 0 Å². The Morgan fingerprint density at radius 1 is 1.00 bits per heavy atom. The van der Waals surface area contributed by atoms with E-state index in [1.54, 1.807) is 0 Å². The molecule has 1 saturated carbocycles. The van der Waals surface area contributed by atoms with Gasteiger partial charge in [-0.2, -0.15) is 0 Å². The first kappa shape index (κ1) is 14.8. The van der Waals surface area contributed by atoms with E-state index in [0.29, 0.717) is 18.8 Å². The van der Waals surface area contributed by atoms with Crippen molar-refractivity contribution >= 4 is 11.9 Å². The first-order chi connectivity index (χ1) is 9.74. The summed E-state index contributed by atoms with van der Waals surface area (Å²) >= 11 is 0. The third-order valence-corrected chi connectivity index (χ3v) is 3.92. The number of carbonyl (C=O) groups is 2. The van der Waals surface area contributed by atoms with E-state index in [0.717, 1.165) is 12.0 Å². The third kappa shape index (κ3) is 5.16. The van der Waals surface area contributed by atoms with Gasteiger partial charge in [-0.25, -0.2) is 0 Å². The van der Waals surface area contributed by atoms with Crippen molar-refractivity contribution in [2.45, 2.75) is 51.4 Å². The number of hydrogen-bond acceptors (Lipinski definition) is 3. The summed E-state index contributed by atoms with van der Waals surface area (Å²) in [5.74, 6) is -0.123. The van der Waals surface area contributed by atoms with Gasteiger partial charge in [0.25, 0.3) is 0 Å². The highest BCUT2D eigenvalue weighted by Crippen LogP contribution is 2.28. The average Bonchev–Trinajstić information content (AvgIpc) is 2.97. The van der Waals surface area contributed by atoms with Crippen LogP contribution in [-0.4, -0.2) is 11.9 Å². The van der Waals surface area contributed by atoms with E-state index in [9.17, 15) is 9.59 Å². The van der Waals surface area contributed by atoms with Crippen molar-refractivity contribution < 1.29 is 14.3 Å². The highest BCUT2D eigenvalue weighted by molar-refractivity contribution is 5.85. The minimum atomic E-state index is -0.412. The number of rotatable bonds is 6. The number of ether oxygens (including phenoxy) is 1. The van der Waals surface area contributed by atoms with Crippen molar-refractivity contribution in [3.05, 3.63) is 35.9 Å². The topological polar surface area (TPSA) is 43.4 Å². The zero-order chi connectivity index (χ0) is 14.2. The van der Waals surface area contributed by atoms with Crippen LogP contribution >= 0.6 is 0 Å². The van der Waals surface area contributed by atoms with Crippen molar-refractivity contribution in [1.82, 2.24) is 0 Å². The van der Waals surface area contributed by atoms with E-state index in [1.165, 1.54) is 25.7 Å². The molecule has 108 valence electrons. The second kappa shape index (κ2) is 7.83. The smallest absolute Gasteiger partial charge is 0.313 e. The Morgan fingerprint density at radius 3 is 2.35 bits per heavy atom. The summed E-state index contributed by atoms with van der Waals surface area (Å²) in [6.45, 7) is 0.